The molecular weight excluding hydrogens is 924 g/mol. The molecule has 0 fully saturated rings. The molecule has 386 valence electrons. The maximum atomic E-state index is 2.80. The Kier molecular flexibility index (Phi) is 10.3. The van der Waals surface area contributed by atoms with Gasteiger partial charge in [-0.25, -0.2) is 0 Å². The first kappa shape index (κ1) is 49.5. The van der Waals surface area contributed by atoms with E-state index in [9.17, 15) is 0 Å². The molecule has 13 rings (SSSR count). The number of benzene rings is 6. The molecule has 6 aromatic carbocycles. The van der Waals surface area contributed by atoms with Crippen molar-refractivity contribution in [3.63, 3.8) is 0 Å². The van der Waals surface area contributed by atoms with Crippen molar-refractivity contribution in [2.45, 2.75) is 212 Å². The summed E-state index contributed by atoms with van der Waals surface area (Å²) in [5, 5.41) is 1.42. The molecule has 0 bridgehead atoms. The predicted octanol–water partition coefficient (Wildman–Crippen LogP) is 18.4. The fourth-order valence-electron chi connectivity index (χ4n) is 15.6. The minimum atomic E-state index is 0.0315. The Morgan fingerprint density at radius 1 is 0.400 bits per heavy atom. The summed E-state index contributed by atoms with van der Waals surface area (Å²) in [6.45, 7) is 42.4. The highest BCUT2D eigenvalue weighted by atomic mass is 32.1. The van der Waals surface area contributed by atoms with Crippen LogP contribution in [-0.2, 0) is 43.3 Å². The average Bonchev–Trinajstić information content (AvgIpc) is 3.72. The maximum Gasteiger partial charge on any atom is 0.264 e. The highest BCUT2D eigenvalue weighted by Crippen LogP contribution is 2.58. The third-order valence-electron chi connectivity index (χ3n) is 21.1. The van der Waals surface area contributed by atoms with E-state index < -0.39 is 0 Å². The summed E-state index contributed by atoms with van der Waals surface area (Å²) in [5.74, 6) is 0. The Bertz CT molecular complexity index is 3590. The lowest BCUT2D eigenvalue weighted by Crippen LogP contribution is -2.61. The van der Waals surface area contributed by atoms with Gasteiger partial charge in [0.05, 0.1) is 11.4 Å². The molecule has 0 radical (unpaired) electrons. The quantitative estimate of drug-likeness (QED) is 0.163. The lowest BCUT2D eigenvalue weighted by atomic mass is 9.35. The van der Waals surface area contributed by atoms with Gasteiger partial charge in [0.15, 0.2) is 0 Å². The minimum Gasteiger partial charge on any atom is -0.311 e. The van der Waals surface area contributed by atoms with Gasteiger partial charge in [0, 0.05) is 43.2 Å². The molecule has 0 N–H and O–H groups in total. The zero-order valence-corrected chi connectivity index (χ0v) is 49.6. The van der Waals surface area contributed by atoms with E-state index in [2.05, 4.69) is 236 Å². The van der Waals surface area contributed by atoms with Crippen molar-refractivity contribution in [1.29, 1.82) is 0 Å². The molecule has 0 saturated heterocycles. The Morgan fingerprint density at radius 2 is 0.840 bits per heavy atom. The van der Waals surface area contributed by atoms with Crippen molar-refractivity contribution in [2.75, 3.05) is 9.80 Å². The molecule has 6 aliphatic rings. The number of hydrogen-bond donors (Lipinski definition) is 0. The van der Waals surface area contributed by atoms with E-state index in [1.54, 1.807) is 5.56 Å². The van der Waals surface area contributed by atoms with Crippen LogP contribution in [0.1, 0.15) is 212 Å². The third kappa shape index (κ3) is 7.15. The first-order chi connectivity index (χ1) is 35.0. The highest BCUT2D eigenvalue weighted by molar-refractivity contribution is 7.33. The Balaban J connectivity index is 1.19. The second-order valence-electron chi connectivity index (χ2n) is 30.1. The number of thiophene rings is 1. The lowest BCUT2D eigenvalue weighted by molar-refractivity contribution is 0.332. The Morgan fingerprint density at radius 3 is 1.39 bits per heavy atom. The van der Waals surface area contributed by atoms with Crippen molar-refractivity contribution < 1.29 is 0 Å². The number of nitrogens with zero attached hydrogens (tertiary/aromatic N) is 2. The van der Waals surface area contributed by atoms with E-state index in [0.29, 0.717) is 0 Å². The fraction of sp³-hybridized carbons (Fsp3) is 0.465. The molecule has 3 heterocycles. The summed E-state index contributed by atoms with van der Waals surface area (Å²) in [6.07, 6.45) is 9.49. The van der Waals surface area contributed by atoms with Gasteiger partial charge in [-0.2, -0.15) is 0 Å². The predicted molar refractivity (Wildman–Crippen MR) is 327 cm³/mol. The Labute approximate surface area is 455 Å². The van der Waals surface area contributed by atoms with Gasteiger partial charge in [-0.05, 0) is 223 Å². The second kappa shape index (κ2) is 15.6. The number of fused-ring (bicyclic) bond motifs is 10. The molecule has 4 heteroatoms. The SMILES string of the molecule is Cc1cc2c3c(c1)N(c1ccc4c(c1)C(C)(C)CCC4(C)C)c1c(sc4cc5c(cc14)C(C)(C)CCC5(C)C)B3c1cc3c(cc1N2c1cc2c(cc1-c1ccccc1)C(C)(C)CCC2(C)C)C(C)(C)CCC3(C)C. The first-order valence-corrected chi connectivity index (χ1v) is 29.8. The molecule has 0 spiro atoms. The van der Waals surface area contributed by atoms with Crippen molar-refractivity contribution in [1.82, 2.24) is 0 Å². The zero-order valence-electron chi connectivity index (χ0n) is 48.8. The summed E-state index contributed by atoms with van der Waals surface area (Å²) in [4.78, 5) is 5.59. The molecule has 0 saturated carbocycles. The maximum absolute atomic E-state index is 2.80. The molecule has 1 aromatic heterocycles. The van der Waals surface area contributed by atoms with E-state index in [-0.39, 0.29) is 50.0 Å². The third-order valence-corrected chi connectivity index (χ3v) is 22.3. The molecule has 2 nitrogen and oxygen atoms in total. The highest BCUT2D eigenvalue weighted by Gasteiger charge is 2.50. The molecule has 0 unspecified atom stereocenters. The summed E-state index contributed by atoms with van der Waals surface area (Å²) in [7, 11) is 0. The Hall–Kier alpha value is -5.06. The van der Waals surface area contributed by atoms with Crippen molar-refractivity contribution in [3.8, 4) is 11.1 Å². The van der Waals surface area contributed by atoms with E-state index in [1.165, 1.54) is 167 Å². The normalized spacial score (nSPS) is 22.0. The van der Waals surface area contributed by atoms with Gasteiger partial charge < -0.3 is 9.80 Å². The van der Waals surface area contributed by atoms with Crippen LogP contribution in [0.25, 0.3) is 21.2 Å². The van der Waals surface area contributed by atoms with Crippen LogP contribution in [0.4, 0.5) is 34.1 Å². The summed E-state index contributed by atoms with van der Waals surface area (Å²) < 4.78 is 2.91. The van der Waals surface area contributed by atoms with Gasteiger partial charge in [-0.1, -0.05) is 153 Å². The number of rotatable bonds is 3. The average molecular weight is 1010 g/mol. The van der Waals surface area contributed by atoms with E-state index in [1.807, 2.05) is 0 Å². The molecule has 2 aliphatic heterocycles. The summed E-state index contributed by atoms with van der Waals surface area (Å²) in [5.41, 5.74) is 27.5. The van der Waals surface area contributed by atoms with Gasteiger partial charge >= 0.3 is 0 Å². The molecule has 7 aromatic rings. The van der Waals surface area contributed by atoms with Crippen LogP contribution in [0.3, 0.4) is 0 Å². The van der Waals surface area contributed by atoms with Gasteiger partial charge in [0.2, 0.25) is 0 Å². The minimum absolute atomic E-state index is 0.0315. The van der Waals surface area contributed by atoms with Crippen LogP contribution in [0, 0.1) is 6.92 Å². The molecular formula is C71H83BN2S. The van der Waals surface area contributed by atoms with E-state index in [4.69, 9.17) is 0 Å². The topological polar surface area (TPSA) is 6.48 Å². The van der Waals surface area contributed by atoms with Crippen molar-refractivity contribution >= 4 is 78.0 Å². The smallest absolute Gasteiger partial charge is 0.264 e. The number of hydrogen-bond acceptors (Lipinski definition) is 3. The van der Waals surface area contributed by atoms with Crippen LogP contribution in [-0.4, -0.2) is 6.71 Å². The standard InChI is InChI=1S/C71H83BN2S/c1-42-33-58-61-59(34-42)74(56-39-52-49(66(6,7)27-30-69(52,12)13)36-45(56)43-21-19-18-20-22-43)57-40-53-51(68(10,11)29-31-70(53,14)15)38-55(57)72(61)63-62(46-37-50-54(41-60(46)75-63)71(16,17)32-28-67(50,8)9)73(58)44-23-24-47-48(35-44)65(4,5)26-25-64(47,2)3/h18-24,33-41H,25-32H2,1-17H3. The van der Waals surface area contributed by atoms with Crippen LogP contribution in [0.15, 0.2) is 97.1 Å². The molecule has 0 amide bonds. The lowest BCUT2D eigenvalue weighted by Gasteiger charge is -2.48. The van der Waals surface area contributed by atoms with Crippen LogP contribution in [0.2, 0.25) is 0 Å². The summed E-state index contributed by atoms with van der Waals surface area (Å²) >= 11 is 2.10. The van der Waals surface area contributed by atoms with E-state index >= 15 is 0 Å². The molecule has 4 aliphatic carbocycles. The summed E-state index contributed by atoms with van der Waals surface area (Å²) in [6, 6.07) is 40.4. The van der Waals surface area contributed by atoms with Gasteiger partial charge in [0.25, 0.3) is 6.71 Å². The molecule has 0 atom stereocenters. The van der Waals surface area contributed by atoms with Crippen LogP contribution in [0.5, 0.6) is 0 Å². The van der Waals surface area contributed by atoms with E-state index in [0.717, 1.165) is 0 Å². The van der Waals surface area contributed by atoms with Crippen LogP contribution >= 0.6 is 11.3 Å². The van der Waals surface area contributed by atoms with Gasteiger partial charge in [-0.15, -0.1) is 11.3 Å². The molecule has 75 heavy (non-hydrogen) atoms. The zero-order chi connectivity index (χ0) is 53.1. The largest absolute Gasteiger partial charge is 0.311 e. The number of anilines is 6. The van der Waals surface area contributed by atoms with Crippen molar-refractivity contribution in [3.05, 3.63) is 147 Å². The van der Waals surface area contributed by atoms with Gasteiger partial charge in [0.1, 0.15) is 0 Å². The van der Waals surface area contributed by atoms with Gasteiger partial charge in [-0.3, -0.25) is 0 Å². The second-order valence-corrected chi connectivity index (χ2v) is 31.2. The van der Waals surface area contributed by atoms with Crippen molar-refractivity contribution in [2.24, 2.45) is 0 Å². The monoisotopic (exact) mass is 1010 g/mol. The number of aryl methyl sites for hydroxylation is 1. The van der Waals surface area contributed by atoms with Crippen LogP contribution < -0.4 is 25.5 Å². The fourth-order valence-corrected chi connectivity index (χ4v) is 17.0. The first-order valence-electron chi connectivity index (χ1n) is 29.0.